The maximum Gasteiger partial charge on any atom is 0.269 e. The number of aliphatic imine (C=N–C) groups is 2. The molecule has 0 atom stereocenters. The summed E-state index contributed by atoms with van der Waals surface area (Å²) >= 11 is 0. The minimum absolute atomic E-state index is 0. The standard InChI is InChI=1S/C20H22N8O2.2ClH/c29-17(25-27-19-21-9-10-22-19)15-5-1-13(2-6-15)14-3-7-16(8-4-14)18(30)26-28-20-23-11-12-24-20;;/h1-8H,9-12H2,(H,25,29)(H,26,30)(H2,21,22,27)(H2,23,24,28);2*1H. The number of rotatable bonds is 3. The molecule has 4 rings (SSSR count). The SMILES string of the molecule is Cl.Cl.O=C(NNC1=NCCN1)c1ccc(-c2ccc(C(=O)NNC3=NCCN3)cc2)cc1. The number of guanidine groups is 2. The molecule has 0 saturated carbocycles. The van der Waals surface area contributed by atoms with Crippen LogP contribution in [0.1, 0.15) is 20.7 Å². The molecule has 0 bridgehead atoms. The Morgan fingerprint density at radius 2 is 1.03 bits per heavy atom. The van der Waals surface area contributed by atoms with Gasteiger partial charge < -0.3 is 10.6 Å². The molecule has 0 spiro atoms. The largest absolute Gasteiger partial charge is 0.353 e. The number of hydrazine groups is 2. The van der Waals surface area contributed by atoms with Crippen LogP contribution < -0.4 is 32.3 Å². The Balaban J connectivity index is 0.00000181. The van der Waals surface area contributed by atoms with Crippen molar-refractivity contribution in [2.24, 2.45) is 9.98 Å². The van der Waals surface area contributed by atoms with E-state index >= 15 is 0 Å². The molecule has 2 aromatic carbocycles. The molecule has 2 heterocycles. The molecular formula is C20H24Cl2N8O2. The van der Waals surface area contributed by atoms with Gasteiger partial charge in [-0.05, 0) is 35.4 Å². The van der Waals surface area contributed by atoms with Crippen molar-refractivity contribution in [2.75, 3.05) is 26.2 Å². The highest BCUT2D eigenvalue weighted by Gasteiger charge is 2.10. The maximum absolute atomic E-state index is 12.2. The lowest BCUT2D eigenvalue weighted by atomic mass is 10.0. The third kappa shape index (κ3) is 6.25. The van der Waals surface area contributed by atoms with Gasteiger partial charge in [0.1, 0.15) is 0 Å². The van der Waals surface area contributed by atoms with Crippen molar-refractivity contribution in [2.45, 2.75) is 0 Å². The van der Waals surface area contributed by atoms with Crippen molar-refractivity contribution in [3.63, 3.8) is 0 Å². The number of carbonyl (C=O) groups is 2. The second-order valence-corrected chi connectivity index (χ2v) is 6.63. The number of nitrogens with one attached hydrogen (secondary N) is 6. The summed E-state index contributed by atoms with van der Waals surface area (Å²) in [5.41, 5.74) is 13.7. The highest BCUT2D eigenvalue weighted by molar-refractivity contribution is 5.97. The topological polar surface area (TPSA) is 131 Å². The van der Waals surface area contributed by atoms with Crippen LogP contribution in [0.2, 0.25) is 0 Å². The summed E-state index contributed by atoms with van der Waals surface area (Å²) < 4.78 is 0. The summed E-state index contributed by atoms with van der Waals surface area (Å²) in [6.07, 6.45) is 0. The lowest BCUT2D eigenvalue weighted by molar-refractivity contribution is 0.0935. The molecule has 10 nitrogen and oxygen atoms in total. The Hall–Kier alpha value is -3.50. The van der Waals surface area contributed by atoms with Crippen LogP contribution >= 0.6 is 24.8 Å². The molecule has 32 heavy (non-hydrogen) atoms. The van der Waals surface area contributed by atoms with Crippen molar-refractivity contribution in [3.05, 3.63) is 59.7 Å². The van der Waals surface area contributed by atoms with Crippen LogP contribution in [0.5, 0.6) is 0 Å². The van der Waals surface area contributed by atoms with Crippen LogP contribution in [0.15, 0.2) is 58.5 Å². The number of nitrogens with zero attached hydrogens (tertiary/aromatic N) is 2. The summed E-state index contributed by atoms with van der Waals surface area (Å²) in [6.45, 7) is 2.90. The lowest BCUT2D eigenvalue weighted by Crippen LogP contribution is -2.46. The molecule has 2 aliphatic rings. The zero-order valence-corrected chi connectivity index (χ0v) is 18.6. The highest BCUT2D eigenvalue weighted by atomic mass is 35.5. The predicted molar refractivity (Wildman–Crippen MR) is 128 cm³/mol. The smallest absolute Gasteiger partial charge is 0.269 e. The normalized spacial score (nSPS) is 13.8. The van der Waals surface area contributed by atoms with E-state index < -0.39 is 0 Å². The van der Waals surface area contributed by atoms with E-state index in [-0.39, 0.29) is 36.6 Å². The Morgan fingerprint density at radius 3 is 1.34 bits per heavy atom. The van der Waals surface area contributed by atoms with Gasteiger partial charge in [0.2, 0.25) is 11.9 Å². The predicted octanol–water partition coefficient (Wildman–Crippen LogP) is 0.584. The fraction of sp³-hybridized carbons (Fsp3) is 0.200. The van der Waals surface area contributed by atoms with Gasteiger partial charge in [0.25, 0.3) is 11.8 Å². The van der Waals surface area contributed by atoms with E-state index in [0.29, 0.717) is 36.1 Å². The van der Waals surface area contributed by atoms with Crippen LogP contribution in [0.4, 0.5) is 0 Å². The molecular weight excluding hydrogens is 455 g/mol. The number of carbonyl (C=O) groups excluding carboxylic acids is 2. The fourth-order valence-corrected chi connectivity index (χ4v) is 2.97. The van der Waals surface area contributed by atoms with Crippen molar-refractivity contribution in [3.8, 4) is 11.1 Å². The molecule has 12 heteroatoms. The van der Waals surface area contributed by atoms with Crippen molar-refractivity contribution in [1.29, 1.82) is 0 Å². The Labute approximate surface area is 197 Å². The first kappa shape index (κ1) is 24.8. The van der Waals surface area contributed by atoms with Crippen LogP contribution in [-0.4, -0.2) is 49.9 Å². The molecule has 6 N–H and O–H groups in total. The number of halogens is 2. The van der Waals surface area contributed by atoms with Gasteiger partial charge in [-0.2, -0.15) is 0 Å². The van der Waals surface area contributed by atoms with Gasteiger partial charge in [-0.25, -0.2) is 0 Å². The number of amides is 2. The zero-order chi connectivity index (χ0) is 20.8. The molecule has 0 aliphatic carbocycles. The second-order valence-electron chi connectivity index (χ2n) is 6.63. The Kier molecular flexibility index (Phi) is 9.11. The van der Waals surface area contributed by atoms with E-state index in [2.05, 4.69) is 42.3 Å². The van der Waals surface area contributed by atoms with E-state index in [0.717, 1.165) is 24.2 Å². The number of hydrogen-bond donors (Lipinski definition) is 6. The summed E-state index contributed by atoms with van der Waals surface area (Å²) in [6, 6.07) is 14.4. The van der Waals surface area contributed by atoms with Crippen LogP contribution in [-0.2, 0) is 0 Å². The lowest BCUT2D eigenvalue weighted by Gasteiger charge is -2.10. The molecule has 2 aromatic rings. The maximum atomic E-state index is 12.2. The van der Waals surface area contributed by atoms with E-state index in [4.69, 9.17) is 0 Å². The summed E-state index contributed by atoms with van der Waals surface area (Å²) in [5.74, 6) is 0.622. The van der Waals surface area contributed by atoms with E-state index in [9.17, 15) is 9.59 Å². The third-order valence-corrected chi connectivity index (χ3v) is 4.56. The summed E-state index contributed by atoms with van der Waals surface area (Å²) in [7, 11) is 0. The van der Waals surface area contributed by atoms with Crippen LogP contribution in [0.25, 0.3) is 11.1 Å². The molecule has 2 amide bonds. The van der Waals surface area contributed by atoms with E-state index in [1.165, 1.54) is 0 Å². The quantitative estimate of drug-likeness (QED) is 0.358. The van der Waals surface area contributed by atoms with Crippen molar-refractivity contribution < 1.29 is 9.59 Å². The van der Waals surface area contributed by atoms with Gasteiger partial charge in [-0.1, -0.05) is 24.3 Å². The number of benzene rings is 2. The molecule has 0 aromatic heterocycles. The van der Waals surface area contributed by atoms with E-state index in [1.54, 1.807) is 24.3 Å². The van der Waals surface area contributed by atoms with Crippen LogP contribution in [0, 0.1) is 0 Å². The summed E-state index contributed by atoms with van der Waals surface area (Å²) in [5, 5.41) is 6.02. The van der Waals surface area contributed by atoms with Gasteiger partial charge in [-0.15, -0.1) is 24.8 Å². The highest BCUT2D eigenvalue weighted by Crippen LogP contribution is 2.20. The monoisotopic (exact) mass is 478 g/mol. The van der Waals surface area contributed by atoms with Crippen LogP contribution in [0.3, 0.4) is 0 Å². The third-order valence-electron chi connectivity index (χ3n) is 4.56. The molecule has 0 saturated heterocycles. The molecule has 0 fully saturated rings. The van der Waals surface area contributed by atoms with Gasteiger partial charge in [0, 0.05) is 24.2 Å². The molecule has 0 unspecified atom stereocenters. The van der Waals surface area contributed by atoms with Gasteiger partial charge in [-0.3, -0.25) is 41.3 Å². The average molecular weight is 479 g/mol. The zero-order valence-electron chi connectivity index (χ0n) is 17.0. The number of hydrogen-bond acceptors (Lipinski definition) is 8. The first-order valence-corrected chi connectivity index (χ1v) is 9.59. The summed E-state index contributed by atoms with van der Waals surface area (Å²) in [4.78, 5) is 32.7. The Morgan fingerprint density at radius 1 is 0.656 bits per heavy atom. The Bertz CT molecular complexity index is 912. The minimum Gasteiger partial charge on any atom is -0.353 e. The first-order chi connectivity index (χ1) is 14.7. The van der Waals surface area contributed by atoms with Gasteiger partial charge in [0.05, 0.1) is 13.1 Å². The van der Waals surface area contributed by atoms with Crippen molar-refractivity contribution in [1.82, 2.24) is 32.3 Å². The molecule has 170 valence electrons. The van der Waals surface area contributed by atoms with Crippen molar-refractivity contribution >= 4 is 48.5 Å². The fourth-order valence-electron chi connectivity index (χ4n) is 2.97. The molecule has 2 aliphatic heterocycles. The van der Waals surface area contributed by atoms with E-state index in [1.807, 2.05) is 24.3 Å². The molecule has 0 radical (unpaired) electrons. The second kappa shape index (κ2) is 11.8. The average Bonchev–Trinajstić information content (AvgIpc) is 3.50. The van der Waals surface area contributed by atoms with Gasteiger partial charge in [0.15, 0.2) is 0 Å². The van der Waals surface area contributed by atoms with Gasteiger partial charge >= 0.3 is 0 Å². The minimum atomic E-state index is -0.251. The first-order valence-electron chi connectivity index (χ1n) is 9.59.